The standard InChI is InChI=1S/C11H19NO3S/c1-3-8(2)9(13)12-11(10(14)15)4-6-16-7-5-11/h8H,3-7H2,1-2H3,(H,12,13)(H,14,15). The second kappa shape index (κ2) is 5.57. The molecular formula is C11H19NO3S. The highest BCUT2D eigenvalue weighted by Crippen LogP contribution is 2.27. The predicted molar refractivity (Wildman–Crippen MR) is 64.5 cm³/mol. The molecule has 1 amide bonds. The van der Waals surface area contributed by atoms with E-state index in [1.54, 1.807) is 11.8 Å². The van der Waals surface area contributed by atoms with Gasteiger partial charge in [0.05, 0.1) is 0 Å². The lowest BCUT2D eigenvalue weighted by atomic mass is 9.91. The first-order chi connectivity index (χ1) is 7.52. The molecule has 1 fully saturated rings. The van der Waals surface area contributed by atoms with Crippen molar-refractivity contribution in [3.63, 3.8) is 0 Å². The van der Waals surface area contributed by atoms with Crippen LogP contribution in [0.15, 0.2) is 0 Å². The molecule has 0 bridgehead atoms. The van der Waals surface area contributed by atoms with Crippen molar-refractivity contribution in [3.05, 3.63) is 0 Å². The van der Waals surface area contributed by atoms with Gasteiger partial charge in [0.1, 0.15) is 5.54 Å². The number of rotatable bonds is 4. The SMILES string of the molecule is CCC(C)C(=O)NC1(C(=O)O)CCSCC1. The van der Waals surface area contributed by atoms with Gasteiger partial charge in [-0.3, -0.25) is 4.79 Å². The van der Waals surface area contributed by atoms with Gasteiger partial charge in [-0.05, 0) is 30.8 Å². The quantitative estimate of drug-likeness (QED) is 0.787. The zero-order chi connectivity index (χ0) is 12.2. The van der Waals surface area contributed by atoms with E-state index < -0.39 is 11.5 Å². The molecule has 0 saturated carbocycles. The fourth-order valence-corrected chi connectivity index (χ4v) is 2.85. The first-order valence-electron chi connectivity index (χ1n) is 5.65. The van der Waals surface area contributed by atoms with Crippen LogP contribution in [-0.2, 0) is 9.59 Å². The lowest BCUT2D eigenvalue weighted by Crippen LogP contribution is -2.57. The number of carboxylic acid groups (broad SMARTS) is 1. The third-order valence-electron chi connectivity index (χ3n) is 3.18. The maximum absolute atomic E-state index is 11.8. The summed E-state index contributed by atoms with van der Waals surface area (Å²) < 4.78 is 0. The summed E-state index contributed by atoms with van der Waals surface area (Å²) in [5, 5.41) is 12.0. The minimum atomic E-state index is -1.02. The highest BCUT2D eigenvalue weighted by Gasteiger charge is 2.41. The summed E-state index contributed by atoms with van der Waals surface area (Å²) in [5.74, 6) is 0.437. The molecule has 0 aliphatic carbocycles. The first-order valence-corrected chi connectivity index (χ1v) is 6.80. The van der Waals surface area contributed by atoms with E-state index in [4.69, 9.17) is 0 Å². The van der Waals surface area contributed by atoms with Gasteiger partial charge in [-0.25, -0.2) is 4.79 Å². The van der Waals surface area contributed by atoms with Crippen molar-refractivity contribution in [2.75, 3.05) is 11.5 Å². The summed E-state index contributed by atoms with van der Waals surface area (Å²) in [6.07, 6.45) is 1.78. The Morgan fingerprint density at radius 1 is 1.44 bits per heavy atom. The summed E-state index contributed by atoms with van der Waals surface area (Å²) in [5.41, 5.74) is -1.02. The molecule has 1 atom stereocenters. The van der Waals surface area contributed by atoms with Crippen molar-refractivity contribution in [1.82, 2.24) is 5.32 Å². The Kier molecular flexibility index (Phi) is 4.65. The van der Waals surface area contributed by atoms with Crippen molar-refractivity contribution in [1.29, 1.82) is 0 Å². The maximum atomic E-state index is 11.8. The monoisotopic (exact) mass is 245 g/mol. The molecule has 16 heavy (non-hydrogen) atoms. The number of aliphatic carboxylic acids is 1. The van der Waals surface area contributed by atoms with Crippen molar-refractivity contribution in [2.45, 2.75) is 38.6 Å². The van der Waals surface area contributed by atoms with E-state index in [0.717, 1.165) is 17.9 Å². The van der Waals surface area contributed by atoms with E-state index in [1.807, 2.05) is 13.8 Å². The van der Waals surface area contributed by atoms with Gasteiger partial charge in [0.25, 0.3) is 0 Å². The molecule has 0 spiro atoms. The molecule has 5 heteroatoms. The normalized spacial score (nSPS) is 21.1. The lowest BCUT2D eigenvalue weighted by molar-refractivity contribution is -0.148. The molecule has 1 rings (SSSR count). The molecule has 0 aromatic rings. The molecule has 0 radical (unpaired) electrons. The molecule has 1 aliphatic heterocycles. The van der Waals surface area contributed by atoms with E-state index in [-0.39, 0.29) is 11.8 Å². The average molecular weight is 245 g/mol. The molecule has 92 valence electrons. The van der Waals surface area contributed by atoms with E-state index in [2.05, 4.69) is 5.32 Å². The number of thioether (sulfide) groups is 1. The smallest absolute Gasteiger partial charge is 0.329 e. The highest BCUT2D eigenvalue weighted by molar-refractivity contribution is 7.99. The van der Waals surface area contributed by atoms with Crippen molar-refractivity contribution >= 4 is 23.6 Å². The number of amides is 1. The number of hydrogen-bond acceptors (Lipinski definition) is 3. The molecule has 2 N–H and O–H groups in total. The van der Waals surface area contributed by atoms with Crippen LogP contribution in [0.25, 0.3) is 0 Å². The first kappa shape index (κ1) is 13.4. The van der Waals surface area contributed by atoms with Crippen LogP contribution in [-0.4, -0.2) is 34.0 Å². The number of carbonyl (C=O) groups is 2. The Hall–Kier alpha value is -0.710. The Morgan fingerprint density at radius 3 is 2.44 bits per heavy atom. The second-order valence-corrected chi connectivity index (χ2v) is 5.52. The van der Waals surface area contributed by atoms with Crippen LogP contribution in [0.2, 0.25) is 0 Å². The van der Waals surface area contributed by atoms with Crippen LogP contribution in [0.4, 0.5) is 0 Å². The molecule has 1 aliphatic rings. The third-order valence-corrected chi connectivity index (χ3v) is 4.16. The lowest BCUT2D eigenvalue weighted by Gasteiger charge is -2.34. The number of carboxylic acids is 1. The van der Waals surface area contributed by atoms with Gasteiger partial charge >= 0.3 is 5.97 Å². The Morgan fingerprint density at radius 2 is 2.00 bits per heavy atom. The zero-order valence-electron chi connectivity index (χ0n) is 9.78. The van der Waals surface area contributed by atoms with Gasteiger partial charge in [-0.1, -0.05) is 13.8 Å². The minimum absolute atomic E-state index is 0.120. The average Bonchev–Trinajstić information content (AvgIpc) is 2.28. The molecule has 0 aromatic heterocycles. The summed E-state index contributed by atoms with van der Waals surface area (Å²) in [4.78, 5) is 23.1. The van der Waals surface area contributed by atoms with Gasteiger partial charge in [0.2, 0.25) is 5.91 Å². The highest BCUT2D eigenvalue weighted by atomic mass is 32.2. The van der Waals surface area contributed by atoms with E-state index in [9.17, 15) is 14.7 Å². The number of nitrogens with one attached hydrogen (secondary N) is 1. The number of carbonyl (C=O) groups excluding carboxylic acids is 1. The van der Waals surface area contributed by atoms with E-state index >= 15 is 0 Å². The molecule has 1 saturated heterocycles. The third kappa shape index (κ3) is 2.90. The Balaban J connectivity index is 2.71. The van der Waals surface area contributed by atoms with Crippen molar-refractivity contribution in [2.24, 2.45) is 5.92 Å². The Labute approximate surface area is 100 Å². The van der Waals surface area contributed by atoms with Crippen LogP contribution >= 0.6 is 11.8 Å². The van der Waals surface area contributed by atoms with E-state index in [1.165, 1.54) is 0 Å². The summed E-state index contributed by atoms with van der Waals surface area (Å²) in [6.45, 7) is 3.75. The fourth-order valence-electron chi connectivity index (χ4n) is 1.66. The minimum Gasteiger partial charge on any atom is -0.480 e. The second-order valence-electron chi connectivity index (χ2n) is 4.30. The van der Waals surface area contributed by atoms with Gasteiger partial charge in [0, 0.05) is 5.92 Å². The maximum Gasteiger partial charge on any atom is 0.329 e. The molecule has 1 unspecified atom stereocenters. The molecule has 1 heterocycles. The summed E-state index contributed by atoms with van der Waals surface area (Å²) in [6, 6.07) is 0. The molecule has 4 nitrogen and oxygen atoms in total. The van der Waals surface area contributed by atoms with Gasteiger partial charge in [-0.2, -0.15) is 11.8 Å². The van der Waals surface area contributed by atoms with Crippen LogP contribution < -0.4 is 5.32 Å². The van der Waals surface area contributed by atoms with Crippen LogP contribution in [0, 0.1) is 5.92 Å². The fraction of sp³-hybridized carbons (Fsp3) is 0.818. The Bertz CT molecular complexity index is 274. The van der Waals surface area contributed by atoms with Gasteiger partial charge in [-0.15, -0.1) is 0 Å². The molecular weight excluding hydrogens is 226 g/mol. The topological polar surface area (TPSA) is 66.4 Å². The van der Waals surface area contributed by atoms with Crippen molar-refractivity contribution < 1.29 is 14.7 Å². The van der Waals surface area contributed by atoms with Crippen molar-refractivity contribution in [3.8, 4) is 0 Å². The predicted octanol–water partition coefficient (Wildman–Crippen LogP) is 1.50. The van der Waals surface area contributed by atoms with Crippen LogP contribution in [0.5, 0.6) is 0 Å². The van der Waals surface area contributed by atoms with Crippen LogP contribution in [0.1, 0.15) is 33.1 Å². The van der Waals surface area contributed by atoms with E-state index in [0.29, 0.717) is 12.8 Å². The van der Waals surface area contributed by atoms with Gasteiger partial charge in [0.15, 0.2) is 0 Å². The van der Waals surface area contributed by atoms with Crippen LogP contribution in [0.3, 0.4) is 0 Å². The summed E-state index contributed by atoms with van der Waals surface area (Å²) >= 11 is 1.74. The number of hydrogen-bond donors (Lipinski definition) is 2. The molecule has 0 aromatic carbocycles. The zero-order valence-corrected chi connectivity index (χ0v) is 10.6. The summed E-state index contributed by atoms with van der Waals surface area (Å²) in [7, 11) is 0. The van der Waals surface area contributed by atoms with Gasteiger partial charge < -0.3 is 10.4 Å². The largest absolute Gasteiger partial charge is 0.480 e.